The van der Waals surface area contributed by atoms with Gasteiger partial charge in [0.25, 0.3) is 0 Å². The lowest BCUT2D eigenvalue weighted by molar-refractivity contribution is -0.125. The van der Waals surface area contributed by atoms with Crippen LogP contribution in [0.15, 0.2) is 0 Å². The largest absolute Gasteiger partial charge is 0.353 e. The summed E-state index contributed by atoms with van der Waals surface area (Å²) in [5.74, 6) is 0.586. The van der Waals surface area contributed by atoms with Crippen molar-refractivity contribution >= 4 is 5.91 Å². The standard InChI is InChI=1S/C18H32FN5O2/c1-3-15-22-17(23-26-15)11-6-10-4-5-14(16(10)13(19)7-11)21-18(25)12-8-20-24(2)9-12/h10-17,20,22-23H,3-9H2,1-2H3,(H,21,25)/t10?,11?,12?,13?,14-,15?,16?,17?/m1/s1. The molecule has 2 saturated carbocycles. The van der Waals surface area contributed by atoms with E-state index in [1.165, 1.54) is 0 Å². The Morgan fingerprint density at radius 2 is 2.15 bits per heavy atom. The van der Waals surface area contributed by atoms with Crippen molar-refractivity contribution in [3.05, 3.63) is 0 Å². The first-order valence-electron chi connectivity index (χ1n) is 10.1. The Balaban J connectivity index is 1.33. The third-order valence-corrected chi connectivity index (χ3v) is 6.75. The quantitative estimate of drug-likeness (QED) is 0.578. The predicted octanol–water partition coefficient (Wildman–Crippen LogP) is 0.498. The molecule has 148 valence electrons. The van der Waals surface area contributed by atoms with E-state index in [-0.39, 0.29) is 42.1 Å². The molecule has 4 N–H and O–H groups in total. The Bertz CT molecular complexity index is 524. The van der Waals surface area contributed by atoms with Gasteiger partial charge in [-0.1, -0.05) is 6.92 Å². The number of nitrogens with one attached hydrogen (secondary N) is 4. The van der Waals surface area contributed by atoms with Crippen LogP contribution < -0.4 is 21.5 Å². The van der Waals surface area contributed by atoms with Crippen molar-refractivity contribution < 1.29 is 14.0 Å². The molecule has 0 radical (unpaired) electrons. The van der Waals surface area contributed by atoms with Crippen LogP contribution in [-0.2, 0) is 9.63 Å². The average Bonchev–Trinajstić information content (AvgIpc) is 3.34. The zero-order valence-corrected chi connectivity index (χ0v) is 15.7. The molecule has 4 fully saturated rings. The van der Waals surface area contributed by atoms with Crippen molar-refractivity contribution in [2.75, 3.05) is 20.1 Å². The Morgan fingerprint density at radius 1 is 1.31 bits per heavy atom. The van der Waals surface area contributed by atoms with Crippen LogP contribution in [0.1, 0.15) is 39.0 Å². The highest BCUT2D eigenvalue weighted by Crippen LogP contribution is 2.46. The maximum Gasteiger partial charge on any atom is 0.226 e. The smallest absolute Gasteiger partial charge is 0.226 e. The second-order valence-corrected chi connectivity index (χ2v) is 8.49. The van der Waals surface area contributed by atoms with E-state index >= 15 is 4.39 Å². The predicted molar refractivity (Wildman–Crippen MR) is 95.1 cm³/mol. The first kappa shape index (κ1) is 18.6. The van der Waals surface area contributed by atoms with E-state index in [1.807, 2.05) is 12.1 Å². The minimum Gasteiger partial charge on any atom is -0.353 e. The summed E-state index contributed by atoms with van der Waals surface area (Å²) in [7, 11) is 1.94. The third kappa shape index (κ3) is 3.62. The molecule has 0 aromatic heterocycles. The number of rotatable bonds is 4. The molecule has 2 heterocycles. The molecule has 0 bridgehead atoms. The Labute approximate surface area is 154 Å². The van der Waals surface area contributed by atoms with Crippen LogP contribution in [0.4, 0.5) is 4.39 Å². The van der Waals surface area contributed by atoms with Gasteiger partial charge in [-0.3, -0.25) is 20.4 Å². The summed E-state index contributed by atoms with van der Waals surface area (Å²) in [4.78, 5) is 18.0. The van der Waals surface area contributed by atoms with Crippen LogP contribution >= 0.6 is 0 Å². The number of hydrogen-bond acceptors (Lipinski definition) is 6. The van der Waals surface area contributed by atoms with E-state index in [0.717, 1.165) is 25.7 Å². The zero-order valence-electron chi connectivity index (χ0n) is 15.7. The topological polar surface area (TPSA) is 77.7 Å². The van der Waals surface area contributed by atoms with Crippen molar-refractivity contribution in [3.63, 3.8) is 0 Å². The fourth-order valence-corrected chi connectivity index (χ4v) is 5.36. The minimum absolute atomic E-state index is 0.0153. The lowest BCUT2D eigenvalue weighted by Crippen LogP contribution is -2.50. The summed E-state index contributed by atoms with van der Waals surface area (Å²) in [6, 6.07) is -0.0153. The van der Waals surface area contributed by atoms with E-state index < -0.39 is 6.17 Å². The first-order valence-corrected chi connectivity index (χ1v) is 10.1. The molecule has 2 aliphatic carbocycles. The molecule has 8 atom stereocenters. The number of hydrogen-bond donors (Lipinski definition) is 4. The summed E-state index contributed by atoms with van der Waals surface area (Å²) in [6.45, 7) is 3.45. The van der Waals surface area contributed by atoms with Crippen LogP contribution in [-0.4, -0.2) is 55.7 Å². The lowest BCUT2D eigenvalue weighted by Gasteiger charge is -2.39. The van der Waals surface area contributed by atoms with Crippen LogP contribution in [0.5, 0.6) is 0 Å². The van der Waals surface area contributed by atoms with E-state index in [1.54, 1.807) is 0 Å². The molecular formula is C18H32FN5O2. The fourth-order valence-electron chi connectivity index (χ4n) is 5.36. The van der Waals surface area contributed by atoms with Gasteiger partial charge in [-0.25, -0.2) is 9.40 Å². The SMILES string of the molecule is CCC1NC(C2CC(F)C3C(CC[C@H]3NC(=O)C3CNN(C)C3)C2)NO1. The summed E-state index contributed by atoms with van der Waals surface area (Å²) >= 11 is 0. The monoisotopic (exact) mass is 369 g/mol. The summed E-state index contributed by atoms with van der Waals surface area (Å²) in [5, 5.41) is 8.53. The number of amides is 1. The molecule has 4 rings (SSSR count). The van der Waals surface area contributed by atoms with Crippen molar-refractivity contribution in [2.45, 2.75) is 63.6 Å². The molecule has 8 heteroatoms. The van der Waals surface area contributed by atoms with Crippen LogP contribution in [0.25, 0.3) is 0 Å². The third-order valence-electron chi connectivity index (χ3n) is 6.75. The van der Waals surface area contributed by atoms with Gasteiger partial charge in [0.15, 0.2) is 0 Å². The van der Waals surface area contributed by atoms with Crippen LogP contribution in [0.3, 0.4) is 0 Å². The molecule has 26 heavy (non-hydrogen) atoms. The van der Waals surface area contributed by atoms with Gasteiger partial charge in [-0.2, -0.15) is 5.48 Å². The lowest BCUT2D eigenvalue weighted by atomic mass is 9.72. The second kappa shape index (κ2) is 7.67. The van der Waals surface area contributed by atoms with Gasteiger partial charge in [0.05, 0.1) is 12.1 Å². The van der Waals surface area contributed by atoms with E-state index in [9.17, 15) is 4.79 Å². The molecule has 0 aromatic carbocycles. The number of carbonyl (C=O) groups is 1. The summed E-state index contributed by atoms with van der Waals surface area (Å²) in [6.07, 6.45) is 3.50. The normalized spacial score (nSPS) is 46.4. The molecule has 2 saturated heterocycles. The second-order valence-electron chi connectivity index (χ2n) is 8.49. The molecule has 2 aliphatic heterocycles. The summed E-state index contributed by atoms with van der Waals surface area (Å²) < 4.78 is 15.1. The zero-order chi connectivity index (χ0) is 18.3. The van der Waals surface area contributed by atoms with E-state index in [4.69, 9.17) is 4.84 Å². The van der Waals surface area contributed by atoms with Gasteiger partial charge in [-0.05, 0) is 43.9 Å². The highest BCUT2D eigenvalue weighted by atomic mass is 19.1. The van der Waals surface area contributed by atoms with Gasteiger partial charge in [0.2, 0.25) is 5.91 Å². The molecule has 0 spiro atoms. The number of halogens is 1. The number of fused-ring (bicyclic) bond motifs is 1. The highest BCUT2D eigenvalue weighted by molar-refractivity contribution is 5.79. The maximum atomic E-state index is 15.1. The van der Waals surface area contributed by atoms with Gasteiger partial charge < -0.3 is 5.32 Å². The Morgan fingerprint density at radius 3 is 2.85 bits per heavy atom. The molecule has 0 aromatic rings. The van der Waals surface area contributed by atoms with Gasteiger partial charge >= 0.3 is 0 Å². The van der Waals surface area contributed by atoms with Gasteiger partial charge in [-0.15, -0.1) is 0 Å². The number of hydroxylamine groups is 1. The molecule has 7 nitrogen and oxygen atoms in total. The number of carbonyl (C=O) groups excluding carboxylic acids is 1. The minimum atomic E-state index is -0.861. The fraction of sp³-hybridized carbons (Fsp3) is 0.944. The number of alkyl halides is 1. The summed E-state index contributed by atoms with van der Waals surface area (Å²) in [5.41, 5.74) is 6.21. The van der Waals surface area contributed by atoms with Crippen molar-refractivity contribution in [1.29, 1.82) is 0 Å². The maximum absolute atomic E-state index is 15.1. The number of hydrazine groups is 1. The molecular weight excluding hydrogens is 337 g/mol. The van der Waals surface area contributed by atoms with Gasteiger partial charge in [0.1, 0.15) is 12.4 Å². The van der Waals surface area contributed by atoms with E-state index in [2.05, 4.69) is 28.5 Å². The van der Waals surface area contributed by atoms with Crippen LogP contribution in [0, 0.1) is 23.7 Å². The van der Waals surface area contributed by atoms with Gasteiger partial charge in [0, 0.05) is 32.1 Å². The molecule has 4 aliphatic rings. The van der Waals surface area contributed by atoms with Crippen molar-refractivity contribution in [1.82, 2.24) is 26.5 Å². The highest BCUT2D eigenvalue weighted by Gasteiger charge is 2.49. The number of nitrogens with zero attached hydrogens (tertiary/aromatic N) is 1. The molecule has 7 unspecified atom stereocenters. The van der Waals surface area contributed by atoms with Crippen molar-refractivity contribution in [3.8, 4) is 0 Å². The Hall–Kier alpha value is -0.800. The first-order chi connectivity index (χ1) is 12.5. The Kier molecular flexibility index (Phi) is 5.48. The average molecular weight is 369 g/mol. The molecule has 1 amide bonds. The van der Waals surface area contributed by atoms with Crippen molar-refractivity contribution in [2.24, 2.45) is 23.7 Å². The van der Waals surface area contributed by atoms with E-state index in [0.29, 0.717) is 25.4 Å². The van der Waals surface area contributed by atoms with Crippen LogP contribution in [0.2, 0.25) is 0 Å².